The fourth-order valence-corrected chi connectivity index (χ4v) is 3.45. The fraction of sp³-hybridized carbons (Fsp3) is 0.429. The summed E-state index contributed by atoms with van der Waals surface area (Å²) in [6.07, 6.45) is -0.578. The molecule has 0 aliphatic carbocycles. The lowest BCUT2D eigenvalue weighted by molar-refractivity contribution is -0.112. The van der Waals surface area contributed by atoms with Crippen LogP contribution >= 0.6 is 15.9 Å². The summed E-state index contributed by atoms with van der Waals surface area (Å²) in [6.45, 7) is 1.85. The summed E-state index contributed by atoms with van der Waals surface area (Å²) in [4.78, 5) is 16.9. The highest BCUT2D eigenvalue weighted by Gasteiger charge is 2.41. The summed E-state index contributed by atoms with van der Waals surface area (Å²) in [7, 11) is 3.03. The summed E-state index contributed by atoms with van der Waals surface area (Å²) in [5.41, 5.74) is 6.10. The summed E-state index contributed by atoms with van der Waals surface area (Å²) >= 11 is 3.49. The lowest BCUT2D eigenvalue weighted by Gasteiger charge is -2.21. The smallest absolute Gasteiger partial charge is 0.266 e. The van der Waals surface area contributed by atoms with Crippen LogP contribution in [0, 0.1) is 5.92 Å². The van der Waals surface area contributed by atoms with Crippen molar-refractivity contribution in [3.8, 4) is 23.0 Å². The number of carbonyl (C=O) groups excluding carboxylic acids is 1. The molecule has 0 unspecified atom stereocenters. The maximum Gasteiger partial charge on any atom is 0.266 e. The van der Waals surface area contributed by atoms with Crippen LogP contribution in [0.15, 0.2) is 9.63 Å². The lowest BCUT2D eigenvalue weighted by atomic mass is 9.92. The zero-order valence-electron chi connectivity index (χ0n) is 12.7. The van der Waals surface area contributed by atoms with Crippen molar-refractivity contribution in [3.63, 3.8) is 0 Å². The van der Waals surface area contributed by atoms with Gasteiger partial charge in [0.25, 0.3) is 5.91 Å². The lowest BCUT2D eigenvalue weighted by Crippen LogP contribution is -2.28. The van der Waals surface area contributed by atoms with Gasteiger partial charge < -0.3 is 29.5 Å². The van der Waals surface area contributed by atoms with Gasteiger partial charge >= 0.3 is 0 Å². The number of fused-ring (bicyclic) bond motifs is 1. The van der Waals surface area contributed by atoms with Gasteiger partial charge in [0, 0.05) is 0 Å². The first-order valence-electron chi connectivity index (χ1n) is 6.77. The third-order valence-electron chi connectivity index (χ3n) is 3.80. The molecular weight excluding hydrogens is 372 g/mol. The van der Waals surface area contributed by atoms with Crippen LogP contribution in [0.1, 0.15) is 18.6 Å². The molecule has 2 heterocycles. The van der Waals surface area contributed by atoms with E-state index < -0.39 is 12.0 Å². The van der Waals surface area contributed by atoms with Gasteiger partial charge in [0.1, 0.15) is 0 Å². The van der Waals surface area contributed by atoms with Gasteiger partial charge in [-0.15, -0.1) is 0 Å². The molecule has 8 nitrogen and oxygen atoms in total. The number of hydrogen-bond acceptors (Lipinski definition) is 7. The summed E-state index contributed by atoms with van der Waals surface area (Å²) < 4.78 is 22.4. The second-order valence-corrected chi connectivity index (χ2v) is 5.81. The van der Waals surface area contributed by atoms with Gasteiger partial charge in [-0.1, -0.05) is 12.1 Å². The fourth-order valence-electron chi connectivity index (χ4n) is 2.70. The van der Waals surface area contributed by atoms with Crippen LogP contribution in [-0.4, -0.2) is 32.6 Å². The van der Waals surface area contributed by atoms with E-state index in [-0.39, 0.29) is 18.4 Å². The Hall–Kier alpha value is -2.16. The Morgan fingerprint density at radius 1 is 1.26 bits per heavy atom. The number of carbonyl (C=O) groups is 1. The molecule has 1 aromatic rings. The minimum atomic E-state index is -0.622. The van der Waals surface area contributed by atoms with Crippen LogP contribution in [0.5, 0.6) is 23.0 Å². The maximum absolute atomic E-state index is 11.4. The van der Waals surface area contributed by atoms with Crippen LogP contribution in [0.2, 0.25) is 0 Å². The molecule has 9 heteroatoms. The Morgan fingerprint density at radius 3 is 2.39 bits per heavy atom. The van der Waals surface area contributed by atoms with Gasteiger partial charge in [-0.2, -0.15) is 0 Å². The number of primary amides is 1. The normalized spacial score (nSPS) is 21.7. The van der Waals surface area contributed by atoms with Gasteiger partial charge in [-0.05, 0) is 15.9 Å². The molecule has 2 atom stereocenters. The Balaban J connectivity index is 2.15. The molecule has 0 fully saturated rings. The first-order chi connectivity index (χ1) is 11.0. The van der Waals surface area contributed by atoms with Crippen LogP contribution in [-0.2, 0) is 9.63 Å². The van der Waals surface area contributed by atoms with Crippen molar-refractivity contribution in [2.75, 3.05) is 21.0 Å². The van der Waals surface area contributed by atoms with Gasteiger partial charge in [0.15, 0.2) is 23.3 Å². The first-order valence-corrected chi connectivity index (χ1v) is 7.57. The molecule has 1 aromatic carbocycles. The molecule has 0 bridgehead atoms. The molecule has 0 aromatic heterocycles. The van der Waals surface area contributed by atoms with Gasteiger partial charge in [-0.25, -0.2) is 0 Å². The molecule has 2 aliphatic heterocycles. The molecule has 0 saturated carbocycles. The second kappa shape index (κ2) is 5.80. The Bertz CT molecular complexity index is 705. The predicted molar refractivity (Wildman–Crippen MR) is 83.0 cm³/mol. The summed E-state index contributed by atoms with van der Waals surface area (Å²) in [5.74, 6) is 0.776. The van der Waals surface area contributed by atoms with Crippen molar-refractivity contribution in [2.45, 2.75) is 13.0 Å². The number of nitrogens with two attached hydrogens (primary N) is 1. The van der Waals surface area contributed by atoms with E-state index in [9.17, 15) is 4.79 Å². The number of hydrogen-bond donors (Lipinski definition) is 1. The molecule has 3 rings (SSSR count). The highest BCUT2D eigenvalue weighted by Crippen LogP contribution is 2.57. The number of methoxy groups -OCH3 is 2. The standard InChI is InChI=1S/C14H15BrN2O6/c1-5-8(14(16)18)17-23-9(5)6-7(15)11(20-3)13-12(10(6)19-2)21-4-22-13/h5,9H,4H2,1-3H3,(H2,16,18)/t5-,9-/m0/s1. The number of oxime groups is 1. The predicted octanol–water partition coefficient (Wildman–Crippen LogP) is 1.74. The van der Waals surface area contributed by atoms with Crippen molar-refractivity contribution in [2.24, 2.45) is 16.8 Å². The average molecular weight is 387 g/mol. The molecule has 2 N–H and O–H groups in total. The molecular formula is C14H15BrN2O6. The number of halogens is 1. The highest BCUT2D eigenvalue weighted by atomic mass is 79.9. The van der Waals surface area contributed by atoms with E-state index in [1.807, 2.05) is 0 Å². The van der Waals surface area contributed by atoms with Gasteiger partial charge in [0.05, 0.1) is 30.2 Å². The largest absolute Gasteiger partial charge is 0.492 e. The molecule has 0 spiro atoms. The van der Waals surface area contributed by atoms with Crippen LogP contribution < -0.4 is 24.7 Å². The van der Waals surface area contributed by atoms with E-state index in [2.05, 4.69) is 21.1 Å². The highest BCUT2D eigenvalue weighted by molar-refractivity contribution is 9.10. The monoisotopic (exact) mass is 386 g/mol. The summed E-state index contributed by atoms with van der Waals surface area (Å²) in [6, 6.07) is 0. The minimum absolute atomic E-state index is 0.0576. The minimum Gasteiger partial charge on any atom is -0.492 e. The van der Waals surface area contributed by atoms with Crippen LogP contribution in [0.3, 0.4) is 0 Å². The van der Waals surface area contributed by atoms with E-state index >= 15 is 0 Å². The van der Waals surface area contributed by atoms with Crippen molar-refractivity contribution in [1.82, 2.24) is 0 Å². The van der Waals surface area contributed by atoms with Crippen molar-refractivity contribution >= 4 is 27.5 Å². The zero-order chi connectivity index (χ0) is 16.7. The molecule has 1 amide bonds. The quantitative estimate of drug-likeness (QED) is 0.845. The van der Waals surface area contributed by atoms with Gasteiger partial charge in [-0.3, -0.25) is 4.79 Å². The Kier molecular flexibility index (Phi) is 3.97. The Morgan fingerprint density at radius 2 is 1.87 bits per heavy atom. The van der Waals surface area contributed by atoms with Crippen molar-refractivity contribution in [1.29, 1.82) is 0 Å². The number of nitrogens with zero attached hydrogens (tertiary/aromatic N) is 1. The van der Waals surface area contributed by atoms with Crippen LogP contribution in [0.25, 0.3) is 0 Å². The van der Waals surface area contributed by atoms with Crippen LogP contribution in [0.4, 0.5) is 0 Å². The van der Waals surface area contributed by atoms with Crippen molar-refractivity contribution in [3.05, 3.63) is 10.0 Å². The van der Waals surface area contributed by atoms with Crippen molar-refractivity contribution < 1.29 is 28.6 Å². The van der Waals surface area contributed by atoms with E-state index in [4.69, 9.17) is 29.5 Å². The zero-order valence-corrected chi connectivity index (χ0v) is 14.3. The molecule has 0 radical (unpaired) electrons. The molecule has 23 heavy (non-hydrogen) atoms. The van der Waals surface area contributed by atoms with E-state index in [1.165, 1.54) is 14.2 Å². The SMILES string of the molecule is COc1c(Br)c([C@H]2ON=C(C(N)=O)[C@@H]2C)c(OC)c2c1OCO2. The molecule has 2 aliphatic rings. The van der Waals surface area contributed by atoms with E-state index in [0.717, 1.165) is 0 Å². The average Bonchev–Trinajstić information content (AvgIpc) is 3.13. The number of amides is 1. The first kappa shape index (κ1) is 15.7. The van der Waals surface area contributed by atoms with E-state index in [1.54, 1.807) is 6.92 Å². The van der Waals surface area contributed by atoms with Gasteiger partial charge in [0.2, 0.25) is 18.3 Å². The third-order valence-corrected chi connectivity index (χ3v) is 4.59. The topological polar surface area (TPSA) is 102 Å². The summed E-state index contributed by atoms with van der Waals surface area (Å²) in [5, 5.41) is 3.79. The number of rotatable bonds is 4. The molecule has 0 saturated heterocycles. The molecule has 124 valence electrons. The number of ether oxygens (including phenoxy) is 4. The Labute approximate surface area is 140 Å². The number of benzene rings is 1. The van der Waals surface area contributed by atoms with E-state index in [0.29, 0.717) is 33.0 Å². The third kappa shape index (κ3) is 2.26. The second-order valence-electron chi connectivity index (χ2n) is 5.01. The maximum atomic E-state index is 11.4.